The molecule has 1 amide bonds. The Balaban J connectivity index is 1.35. The molecule has 2 aromatic rings. The molecule has 0 aliphatic carbocycles. The number of nitrogens with one attached hydrogen (secondary N) is 2. The number of anilines is 2. The number of rotatable bonds is 9. The maximum Gasteiger partial charge on any atom is 0.247 e. The first-order valence-corrected chi connectivity index (χ1v) is 13.6. The molecule has 38 heavy (non-hydrogen) atoms. The van der Waals surface area contributed by atoms with Crippen molar-refractivity contribution in [2.75, 3.05) is 23.8 Å². The van der Waals surface area contributed by atoms with E-state index in [1.54, 1.807) is 16.7 Å². The van der Waals surface area contributed by atoms with Crippen molar-refractivity contribution in [2.24, 2.45) is 0 Å². The molecule has 3 heterocycles. The lowest BCUT2D eigenvalue weighted by Gasteiger charge is -2.22. The average Bonchev–Trinajstić information content (AvgIpc) is 3.56. The lowest BCUT2D eigenvalue weighted by molar-refractivity contribution is -0.119. The first-order valence-electron chi connectivity index (χ1n) is 12.6. The SMILES string of the molecule is CCC(C(=O)Nc1cc(NC2CCOC2)ccc1C)n1cc(F)cc2nc(SCc3ccc(F)cc3)nc1-2. The number of ether oxygens (including phenoxy) is 1. The third-order valence-corrected chi connectivity index (χ3v) is 7.45. The Bertz CT molecular complexity index is 1390. The van der Waals surface area contributed by atoms with Gasteiger partial charge in [0, 0.05) is 36.0 Å². The first kappa shape index (κ1) is 26.1. The van der Waals surface area contributed by atoms with E-state index >= 15 is 0 Å². The lowest BCUT2D eigenvalue weighted by Crippen LogP contribution is -2.27. The van der Waals surface area contributed by atoms with Crippen molar-refractivity contribution in [1.82, 2.24) is 14.5 Å². The standard InChI is InChI=1S/C28H29F2N5O2S/c1-3-25(27(36)32-23-13-21(9-4-17(23)2)31-22-10-11-37-15-22)35-14-20(30)12-24-26(35)34-28(33-24)38-16-18-5-7-19(29)8-6-18/h4-9,12-14,22,25,31H,3,10-11,15-16H2,1-2H3,(H,32,36). The number of aryl methyl sites for hydroxylation is 1. The van der Waals surface area contributed by atoms with Crippen molar-refractivity contribution in [3.8, 4) is 11.5 Å². The zero-order chi connectivity index (χ0) is 26.6. The molecule has 7 nitrogen and oxygen atoms in total. The van der Waals surface area contributed by atoms with E-state index in [2.05, 4.69) is 20.6 Å². The zero-order valence-corrected chi connectivity index (χ0v) is 22.0. The fraction of sp³-hybridized carbons (Fsp3) is 0.321. The van der Waals surface area contributed by atoms with Crippen LogP contribution in [0.15, 0.2) is 59.9 Å². The third kappa shape index (κ3) is 5.97. The second-order valence-electron chi connectivity index (χ2n) is 9.34. The van der Waals surface area contributed by atoms with E-state index in [1.807, 2.05) is 32.0 Å². The molecule has 5 rings (SSSR count). The second-order valence-corrected chi connectivity index (χ2v) is 10.3. The number of nitrogens with zero attached hydrogens (tertiary/aromatic N) is 3. The number of amides is 1. The Kier molecular flexibility index (Phi) is 7.90. The van der Waals surface area contributed by atoms with Crippen LogP contribution >= 0.6 is 11.8 Å². The van der Waals surface area contributed by atoms with Crippen LogP contribution in [-0.4, -0.2) is 39.7 Å². The van der Waals surface area contributed by atoms with Gasteiger partial charge in [-0.15, -0.1) is 0 Å². The first-order chi connectivity index (χ1) is 18.4. The van der Waals surface area contributed by atoms with Gasteiger partial charge in [-0.3, -0.25) is 4.79 Å². The number of carbonyl (C=O) groups is 1. The highest BCUT2D eigenvalue weighted by Crippen LogP contribution is 2.31. The van der Waals surface area contributed by atoms with Gasteiger partial charge in [-0.1, -0.05) is 36.9 Å². The summed E-state index contributed by atoms with van der Waals surface area (Å²) in [5, 5.41) is 6.94. The van der Waals surface area contributed by atoms with Gasteiger partial charge in [0.05, 0.1) is 12.6 Å². The number of pyridine rings is 1. The molecule has 10 heteroatoms. The van der Waals surface area contributed by atoms with E-state index < -0.39 is 11.9 Å². The van der Waals surface area contributed by atoms with Crippen LogP contribution in [0.2, 0.25) is 0 Å². The summed E-state index contributed by atoms with van der Waals surface area (Å²) >= 11 is 1.37. The predicted molar refractivity (Wildman–Crippen MR) is 145 cm³/mol. The van der Waals surface area contributed by atoms with Crippen LogP contribution in [-0.2, 0) is 15.3 Å². The second kappa shape index (κ2) is 11.5. The van der Waals surface area contributed by atoms with Crippen molar-refractivity contribution in [1.29, 1.82) is 0 Å². The average molecular weight is 538 g/mol. The molecule has 0 bridgehead atoms. The Morgan fingerprint density at radius 1 is 1.16 bits per heavy atom. The van der Waals surface area contributed by atoms with E-state index in [0.29, 0.717) is 41.1 Å². The monoisotopic (exact) mass is 537 g/mol. The molecule has 2 unspecified atom stereocenters. The highest BCUT2D eigenvalue weighted by Gasteiger charge is 2.26. The van der Waals surface area contributed by atoms with Crippen molar-refractivity contribution < 1.29 is 18.3 Å². The van der Waals surface area contributed by atoms with Crippen LogP contribution < -0.4 is 10.6 Å². The summed E-state index contributed by atoms with van der Waals surface area (Å²) in [6.45, 7) is 5.20. The van der Waals surface area contributed by atoms with Gasteiger partial charge < -0.3 is 19.9 Å². The summed E-state index contributed by atoms with van der Waals surface area (Å²) in [4.78, 5) is 22.5. The molecule has 0 radical (unpaired) electrons. The number of hydrogen-bond acceptors (Lipinski definition) is 6. The molecule has 3 aliphatic heterocycles. The molecule has 0 spiro atoms. The Hall–Kier alpha value is -3.50. The summed E-state index contributed by atoms with van der Waals surface area (Å²) in [5.74, 6) is -0.0929. The summed E-state index contributed by atoms with van der Waals surface area (Å²) < 4.78 is 34.8. The lowest BCUT2D eigenvalue weighted by atomic mass is 10.1. The minimum absolute atomic E-state index is 0.242. The Morgan fingerprint density at radius 2 is 1.97 bits per heavy atom. The molecular weight excluding hydrogens is 508 g/mol. The van der Waals surface area contributed by atoms with Gasteiger partial charge in [0.25, 0.3) is 0 Å². The topological polar surface area (TPSA) is 81.1 Å². The normalized spacial score (nSPS) is 16.1. The molecule has 2 atom stereocenters. The van der Waals surface area contributed by atoms with Crippen molar-refractivity contribution in [3.05, 3.63) is 77.5 Å². The van der Waals surface area contributed by atoms with Gasteiger partial charge in [0.15, 0.2) is 11.0 Å². The number of benzene rings is 2. The fourth-order valence-electron chi connectivity index (χ4n) is 4.46. The van der Waals surface area contributed by atoms with Crippen molar-refractivity contribution in [2.45, 2.75) is 49.7 Å². The minimum Gasteiger partial charge on any atom is -0.380 e. The van der Waals surface area contributed by atoms with Gasteiger partial charge in [0.2, 0.25) is 5.91 Å². The summed E-state index contributed by atoms with van der Waals surface area (Å²) in [6, 6.07) is 12.9. The number of imidazole rings is 1. The third-order valence-electron chi connectivity index (χ3n) is 6.53. The molecule has 0 aromatic heterocycles. The molecule has 3 aliphatic rings. The fourth-order valence-corrected chi connectivity index (χ4v) is 5.26. The van der Waals surface area contributed by atoms with Crippen LogP contribution in [0.1, 0.15) is 36.9 Å². The summed E-state index contributed by atoms with van der Waals surface area (Å²) in [5.41, 5.74) is 3.81. The highest BCUT2D eigenvalue weighted by molar-refractivity contribution is 7.98. The molecule has 0 saturated carbocycles. The smallest absolute Gasteiger partial charge is 0.247 e. The van der Waals surface area contributed by atoms with Crippen molar-refractivity contribution >= 4 is 29.0 Å². The van der Waals surface area contributed by atoms with Crippen molar-refractivity contribution in [3.63, 3.8) is 0 Å². The highest BCUT2D eigenvalue weighted by atomic mass is 32.2. The number of halogens is 2. The number of carbonyl (C=O) groups excluding carboxylic acids is 1. The molecule has 2 aromatic carbocycles. The summed E-state index contributed by atoms with van der Waals surface area (Å²) in [6.07, 6.45) is 2.66. The maximum absolute atomic E-state index is 14.6. The Labute approximate surface area is 224 Å². The van der Waals surface area contributed by atoms with Crippen LogP contribution in [0, 0.1) is 18.6 Å². The van der Waals surface area contributed by atoms with Gasteiger partial charge in [0.1, 0.15) is 23.4 Å². The number of aromatic nitrogens is 3. The number of hydrogen-bond donors (Lipinski definition) is 2. The van der Waals surface area contributed by atoms with E-state index in [0.717, 1.165) is 29.8 Å². The quantitative estimate of drug-likeness (QED) is 0.253. The van der Waals surface area contributed by atoms with Gasteiger partial charge in [-0.05, 0) is 55.2 Å². The molecule has 1 fully saturated rings. The molecular formula is C28H29F2N5O2S. The molecule has 198 valence electrons. The van der Waals surface area contributed by atoms with E-state index in [-0.39, 0.29) is 17.8 Å². The summed E-state index contributed by atoms with van der Waals surface area (Å²) in [7, 11) is 0. The van der Waals surface area contributed by atoms with E-state index in [4.69, 9.17) is 4.74 Å². The van der Waals surface area contributed by atoms with Crippen LogP contribution in [0.3, 0.4) is 0 Å². The van der Waals surface area contributed by atoms with Crippen LogP contribution in [0.5, 0.6) is 0 Å². The molecule has 1 saturated heterocycles. The van der Waals surface area contributed by atoms with E-state index in [9.17, 15) is 13.6 Å². The van der Waals surface area contributed by atoms with Gasteiger partial charge >= 0.3 is 0 Å². The maximum atomic E-state index is 14.6. The van der Waals surface area contributed by atoms with E-state index in [1.165, 1.54) is 36.2 Å². The van der Waals surface area contributed by atoms with Crippen LogP contribution in [0.4, 0.5) is 20.2 Å². The zero-order valence-electron chi connectivity index (χ0n) is 21.2. The van der Waals surface area contributed by atoms with Gasteiger partial charge in [-0.25, -0.2) is 18.7 Å². The predicted octanol–water partition coefficient (Wildman–Crippen LogP) is 6.05. The van der Waals surface area contributed by atoms with Crippen LogP contribution in [0.25, 0.3) is 11.5 Å². The van der Waals surface area contributed by atoms with Gasteiger partial charge in [-0.2, -0.15) is 0 Å². The molecule has 2 N–H and O–H groups in total. The largest absolute Gasteiger partial charge is 0.380 e. The minimum atomic E-state index is -0.695. The number of thioether (sulfide) groups is 1. The number of fused-ring (bicyclic) bond motifs is 1. The Morgan fingerprint density at radius 3 is 2.71 bits per heavy atom.